The molecule has 60 heavy (non-hydrogen) atoms. The van der Waals surface area contributed by atoms with E-state index in [1.807, 2.05) is 18.2 Å². The van der Waals surface area contributed by atoms with Gasteiger partial charge in [0.1, 0.15) is 0 Å². The smallest absolute Gasteiger partial charge is 0.160 e. The number of hydrogen-bond acceptors (Lipinski definition) is 2. The lowest BCUT2D eigenvalue weighted by Gasteiger charge is -2.15. The quantitative estimate of drug-likeness (QED) is 0.119. The van der Waals surface area contributed by atoms with E-state index in [2.05, 4.69) is 212 Å². The normalized spacial score (nSPS) is 11.3. The summed E-state index contributed by atoms with van der Waals surface area (Å²) in [6.45, 7) is 0. The molecule has 0 amide bonds. The number of fused-ring (bicyclic) bond motifs is 4. The van der Waals surface area contributed by atoms with Crippen LogP contribution < -0.4 is 0 Å². The maximum atomic E-state index is 5.18. The van der Waals surface area contributed by atoms with Crippen LogP contribution in [0.3, 0.4) is 0 Å². The second kappa shape index (κ2) is 15.1. The largest absolute Gasteiger partial charge is 0.228 e. The SMILES string of the molecule is c1ccc(-c2nc(-c3ccc(-c4ccc(-c5c6ccccc6cc6c5ccc5ccccc56)cc4)cc3)cc(-c3ccc(-c4ccccc4)c(-c4ccccc4)c3)n2)cc1. The van der Waals surface area contributed by atoms with Crippen molar-refractivity contribution in [2.45, 2.75) is 0 Å². The van der Waals surface area contributed by atoms with Crippen LogP contribution in [0.2, 0.25) is 0 Å². The van der Waals surface area contributed by atoms with E-state index in [1.165, 1.54) is 71.3 Å². The molecule has 2 heteroatoms. The van der Waals surface area contributed by atoms with E-state index >= 15 is 0 Å². The van der Waals surface area contributed by atoms with Crippen LogP contribution in [0.15, 0.2) is 231 Å². The van der Waals surface area contributed by atoms with Crippen molar-refractivity contribution in [3.8, 4) is 78.4 Å². The van der Waals surface area contributed by atoms with Crippen molar-refractivity contribution in [1.29, 1.82) is 0 Å². The first kappa shape index (κ1) is 35.2. The molecule has 0 aliphatic rings. The summed E-state index contributed by atoms with van der Waals surface area (Å²) >= 11 is 0. The number of nitrogens with zero attached hydrogens (tertiary/aromatic N) is 2. The van der Waals surface area contributed by atoms with E-state index in [0.717, 1.165) is 33.6 Å². The average molecular weight is 763 g/mol. The van der Waals surface area contributed by atoms with E-state index in [-0.39, 0.29) is 0 Å². The van der Waals surface area contributed by atoms with Gasteiger partial charge < -0.3 is 0 Å². The molecule has 1 heterocycles. The molecule has 0 saturated carbocycles. The third-order valence-electron chi connectivity index (χ3n) is 11.7. The molecule has 0 fully saturated rings. The molecule has 2 nitrogen and oxygen atoms in total. The molecule has 0 aliphatic heterocycles. The molecule has 0 atom stereocenters. The zero-order valence-electron chi connectivity index (χ0n) is 32.8. The van der Waals surface area contributed by atoms with E-state index in [9.17, 15) is 0 Å². The Labute approximate surface area is 349 Å². The van der Waals surface area contributed by atoms with Crippen molar-refractivity contribution in [1.82, 2.24) is 9.97 Å². The summed E-state index contributed by atoms with van der Waals surface area (Å²) in [6.07, 6.45) is 0. The molecule has 11 rings (SSSR count). The van der Waals surface area contributed by atoms with Crippen LogP contribution >= 0.6 is 0 Å². The minimum Gasteiger partial charge on any atom is -0.228 e. The van der Waals surface area contributed by atoms with Crippen LogP contribution in [0.25, 0.3) is 111 Å². The second-order valence-corrected chi connectivity index (χ2v) is 15.3. The molecule has 0 aliphatic carbocycles. The van der Waals surface area contributed by atoms with Crippen LogP contribution in [0, 0.1) is 0 Å². The Morgan fingerprint density at radius 3 is 1.40 bits per heavy atom. The lowest BCUT2D eigenvalue weighted by atomic mass is 9.89. The Morgan fingerprint density at radius 1 is 0.233 bits per heavy atom. The maximum absolute atomic E-state index is 5.18. The summed E-state index contributed by atoms with van der Waals surface area (Å²) in [5, 5.41) is 7.61. The zero-order chi connectivity index (χ0) is 39.8. The van der Waals surface area contributed by atoms with Gasteiger partial charge in [-0.2, -0.15) is 0 Å². The highest BCUT2D eigenvalue weighted by molar-refractivity contribution is 6.20. The maximum Gasteiger partial charge on any atom is 0.160 e. The Morgan fingerprint density at radius 2 is 0.733 bits per heavy atom. The Bertz CT molecular complexity index is 3320. The van der Waals surface area contributed by atoms with Crippen LogP contribution in [0.5, 0.6) is 0 Å². The third kappa shape index (κ3) is 6.51. The van der Waals surface area contributed by atoms with E-state index in [1.54, 1.807) is 0 Å². The van der Waals surface area contributed by atoms with Gasteiger partial charge >= 0.3 is 0 Å². The highest BCUT2D eigenvalue weighted by atomic mass is 14.9. The Kier molecular flexibility index (Phi) is 8.87. The van der Waals surface area contributed by atoms with Gasteiger partial charge in [-0.3, -0.25) is 0 Å². The van der Waals surface area contributed by atoms with Gasteiger partial charge in [-0.15, -0.1) is 0 Å². The minimum atomic E-state index is 0.699. The summed E-state index contributed by atoms with van der Waals surface area (Å²) < 4.78 is 0. The van der Waals surface area contributed by atoms with Crippen LogP contribution in [-0.4, -0.2) is 9.97 Å². The highest BCUT2D eigenvalue weighted by Gasteiger charge is 2.16. The van der Waals surface area contributed by atoms with E-state index in [4.69, 9.17) is 9.97 Å². The predicted molar refractivity (Wildman–Crippen MR) is 253 cm³/mol. The number of aromatic nitrogens is 2. The summed E-state index contributed by atoms with van der Waals surface area (Å²) in [5.41, 5.74) is 14.3. The topological polar surface area (TPSA) is 25.8 Å². The first-order valence-corrected chi connectivity index (χ1v) is 20.5. The number of benzene rings is 10. The van der Waals surface area contributed by atoms with Gasteiger partial charge in [0.2, 0.25) is 0 Å². The van der Waals surface area contributed by atoms with E-state index in [0.29, 0.717) is 5.82 Å². The van der Waals surface area contributed by atoms with Crippen LogP contribution in [-0.2, 0) is 0 Å². The van der Waals surface area contributed by atoms with Crippen molar-refractivity contribution in [2.24, 2.45) is 0 Å². The first-order valence-electron chi connectivity index (χ1n) is 20.5. The fraction of sp³-hybridized carbons (Fsp3) is 0. The van der Waals surface area contributed by atoms with Crippen molar-refractivity contribution in [3.63, 3.8) is 0 Å². The van der Waals surface area contributed by atoms with Gasteiger partial charge in [0, 0.05) is 16.7 Å². The summed E-state index contributed by atoms with van der Waals surface area (Å²) in [7, 11) is 0. The van der Waals surface area contributed by atoms with Gasteiger partial charge in [0.05, 0.1) is 11.4 Å². The number of rotatable bonds is 7. The highest BCUT2D eigenvalue weighted by Crippen LogP contribution is 2.41. The summed E-state index contributed by atoms with van der Waals surface area (Å²) in [6, 6.07) is 82.4. The van der Waals surface area contributed by atoms with Gasteiger partial charge in [0.25, 0.3) is 0 Å². The molecular weight excluding hydrogens is 725 g/mol. The molecule has 0 unspecified atom stereocenters. The average Bonchev–Trinajstić information content (AvgIpc) is 3.34. The fourth-order valence-electron chi connectivity index (χ4n) is 8.68. The van der Waals surface area contributed by atoms with Crippen LogP contribution in [0.4, 0.5) is 0 Å². The third-order valence-corrected chi connectivity index (χ3v) is 11.7. The molecule has 0 spiro atoms. The minimum absolute atomic E-state index is 0.699. The monoisotopic (exact) mass is 762 g/mol. The summed E-state index contributed by atoms with van der Waals surface area (Å²) in [5.74, 6) is 0.699. The molecule has 1 aromatic heterocycles. The Balaban J connectivity index is 0.969. The molecule has 0 bridgehead atoms. The molecule has 0 radical (unpaired) electrons. The molecule has 10 aromatic carbocycles. The lowest BCUT2D eigenvalue weighted by Crippen LogP contribution is -1.96. The number of hydrogen-bond donors (Lipinski definition) is 0. The molecular formula is C58H38N2. The molecule has 11 aromatic rings. The Hall–Kier alpha value is -7.94. The van der Waals surface area contributed by atoms with Crippen molar-refractivity contribution in [2.75, 3.05) is 0 Å². The standard InChI is InChI=1S/C58H38N2/c1-4-14-41(15-5-1)50-34-33-48(37-53(50)42-16-6-2-7-17-42)56-38-55(59-58(60-56)46-19-8-3-9-20-46)44-28-24-39(25-29-44)40-26-30-45(31-27-40)57-51-23-13-11-21-47(51)36-54-49-22-12-10-18-43(49)32-35-52(54)57/h1-38H. The second-order valence-electron chi connectivity index (χ2n) is 15.3. The summed E-state index contributed by atoms with van der Waals surface area (Å²) in [4.78, 5) is 10.3. The lowest BCUT2D eigenvalue weighted by molar-refractivity contribution is 1.18. The van der Waals surface area contributed by atoms with Crippen molar-refractivity contribution >= 4 is 32.3 Å². The molecule has 0 saturated heterocycles. The van der Waals surface area contributed by atoms with Crippen LogP contribution in [0.1, 0.15) is 0 Å². The van der Waals surface area contributed by atoms with Gasteiger partial charge in [-0.25, -0.2) is 9.97 Å². The fourth-order valence-corrected chi connectivity index (χ4v) is 8.68. The van der Waals surface area contributed by atoms with Crippen molar-refractivity contribution < 1.29 is 0 Å². The molecule has 0 N–H and O–H groups in total. The van der Waals surface area contributed by atoms with Gasteiger partial charge in [-0.1, -0.05) is 212 Å². The van der Waals surface area contributed by atoms with Gasteiger partial charge in [0.15, 0.2) is 5.82 Å². The van der Waals surface area contributed by atoms with E-state index < -0.39 is 0 Å². The van der Waals surface area contributed by atoms with Gasteiger partial charge in [-0.05, 0) is 95.0 Å². The predicted octanol–water partition coefficient (Wildman–Crippen LogP) is 15.6. The van der Waals surface area contributed by atoms with Crippen molar-refractivity contribution in [3.05, 3.63) is 231 Å². The first-order chi connectivity index (χ1) is 29.7. The molecule has 280 valence electrons. The zero-order valence-corrected chi connectivity index (χ0v) is 32.8.